The third-order valence-electron chi connectivity index (χ3n) is 5.44. The molecule has 0 saturated carbocycles. The van der Waals surface area contributed by atoms with Gasteiger partial charge in [-0.05, 0) is 53.2 Å². The van der Waals surface area contributed by atoms with Gasteiger partial charge in [0.25, 0.3) is 0 Å². The summed E-state index contributed by atoms with van der Waals surface area (Å²) in [4.78, 5) is 21.0. The zero-order valence-corrected chi connectivity index (χ0v) is 19.1. The topological polar surface area (TPSA) is 94.6 Å². The SMILES string of the molecule is COc1cc2ncnc(Oc3ccc(NC(=O)Nc4ccc5ccccc5c4)cc3)c2cc1OC. The van der Waals surface area contributed by atoms with Crippen LogP contribution in [0.5, 0.6) is 23.1 Å². The number of carbonyl (C=O) groups excluding carboxylic acids is 1. The number of urea groups is 1. The van der Waals surface area contributed by atoms with Crippen molar-refractivity contribution in [3.05, 3.63) is 85.2 Å². The standard InChI is InChI=1S/C27H22N4O4/c1-33-24-14-22-23(15-25(24)34-2)28-16-29-26(22)35-21-11-9-19(10-12-21)30-27(32)31-20-8-7-17-5-3-4-6-18(17)13-20/h3-16H,1-2H3,(H2,30,31,32). The van der Waals surface area contributed by atoms with Crippen LogP contribution in [-0.4, -0.2) is 30.2 Å². The Balaban J connectivity index is 1.28. The highest BCUT2D eigenvalue weighted by molar-refractivity contribution is 6.01. The van der Waals surface area contributed by atoms with Gasteiger partial charge in [-0.2, -0.15) is 0 Å². The molecule has 0 unspecified atom stereocenters. The number of amides is 2. The average molecular weight is 466 g/mol. The molecule has 1 heterocycles. The molecule has 0 aliphatic heterocycles. The van der Waals surface area contributed by atoms with Crippen molar-refractivity contribution in [1.29, 1.82) is 0 Å². The lowest BCUT2D eigenvalue weighted by molar-refractivity contribution is 0.262. The third kappa shape index (κ3) is 4.77. The molecule has 8 nitrogen and oxygen atoms in total. The van der Waals surface area contributed by atoms with Crippen molar-refractivity contribution in [2.45, 2.75) is 0 Å². The number of benzene rings is 4. The number of hydrogen-bond donors (Lipinski definition) is 2. The van der Waals surface area contributed by atoms with Crippen LogP contribution >= 0.6 is 0 Å². The van der Waals surface area contributed by atoms with Gasteiger partial charge in [-0.3, -0.25) is 0 Å². The lowest BCUT2D eigenvalue weighted by atomic mass is 10.1. The van der Waals surface area contributed by atoms with Crippen LogP contribution in [0.1, 0.15) is 0 Å². The lowest BCUT2D eigenvalue weighted by Gasteiger charge is -2.12. The highest BCUT2D eigenvalue weighted by Gasteiger charge is 2.13. The lowest BCUT2D eigenvalue weighted by Crippen LogP contribution is -2.19. The van der Waals surface area contributed by atoms with Gasteiger partial charge in [-0.25, -0.2) is 14.8 Å². The summed E-state index contributed by atoms with van der Waals surface area (Å²) in [6, 6.07) is 24.0. The number of carbonyl (C=O) groups is 1. The van der Waals surface area contributed by atoms with Gasteiger partial charge < -0.3 is 24.8 Å². The maximum absolute atomic E-state index is 12.5. The van der Waals surface area contributed by atoms with Gasteiger partial charge >= 0.3 is 6.03 Å². The first-order valence-corrected chi connectivity index (χ1v) is 10.8. The normalized spacial score (nSPS) is 10.7. The van der Waals surface area contributed by atoms with E-state index in [1.54, 1.807) is 50.6 Å². The van der Waals surface area contributed by atoms with Crippen molar-refractivity contribution in [1.82, 2.24) is 9.97 Å². The second-order valence-electron chi connectivity index (χ2n) is 7.67. The first kappa shape index (κ1) is 22.0. The summed E-state index contributed by atoms with van der Waals surface area (Å²) >= 11 is 0. The second-order valence-corrected chi connectivity index (χ2v) is 7.67. The fourth-order valence-electron chi connectivity index (χ4n) is 3.72. The minimum absolute atomic E-state index is 0.336. The number of methoxy groups -OCH3 is 2. The van der Waals surface area contributed by atoms with Crippen LogP contribution in [0, 0.1) is 0 Å². The summed E-state index contributed by atoms with van der Waals surface area (Å²) in [6.45, 7) is 0. The largest absolute Gasteiger partial charge is 0.493 e. The van der Waals surface area contributed by atoms with Crippen molar-refractivity contribution in [2.24, 2.45) is 0 Å². The van der Waals surface area contributed by atoms with Crippen molar-refractivity contribution in [3.8, 4) is 23.1 Å². The molecule has 2 N–H and O–H groups in total. The zero-order chi connectivity index (χ0) is 24.2. The molecule has 2 amide bonds. The van der Waals surface area contributed by atoms with Gasteiger partial charge in [0, 0.05) is 17.4 Å². The maximum Gasteiger partial charge on any atom is 0.323 e. The minimum atomic E-state index is -0.336. The molecule has 0 fully saturated rings. The Kier molecular flexibility index (Phi) is 6.00. The van der Waals surface area contributed by atoms with Crippen LogP contribution in [0.25, 0.3) is 21.7 Å². The predicted octanol–water partition coefficient (Wildman–Crippen LogP) is 6.24. The van der Waals surface area contributed by atoms with E-state index in [0.717, 1.165) is 10.8 Å². The Bertz CT molecular complexity index is 1520. The molecular weight excluding hydrogens is 444 g/mol. The molecular formula is C27H22N4O4. The number of aromatic nitrogens is 2. The number of anilines is 2. The molecule has 174 valence electrons. The smallest absolute Gasteiger partial charge is 0.323 e. The van der Waals surface area contributed by atoms with Crippen molar-refractivity contribution < 1.29 is 19.0 Å². The van der Waals surface area contributed by atoms with E-state index in [4.69, 9.17) is 14.2 Å². The molecule has 0 atom stereocenters. The molecule has 0 spiro atoms. The Hall–Kier alpha value is -4.85. The van der Waals surface area contributed by atoms with Crippen LogP contribution in [0.15, 0.2) is 85.2 Å². The van der Waals surface area contributed by atoms with E-state index in [1.807, 2.05) is 42.5 Å². The number of ether oxygens (including phenoxy) is 3. The number of rotatable bonds is 6. The molecule has 0 saturated heterocycles. The van der Waals surface area contributed by atoms with Gasteiger partial charge in [0.15, 0.2) is 11.5 Å². The molecule has 5 rings (SSSR count). The molecule has 1 aromatic heterocycles. The Labute approximate surface area is 201 Å². The van der Waals surface area contributed by atoms with Gasteiger partial charge in [-0.15, -0.1) is 0 Å². The predicted molar refractivity (Wildman–Crippen MR) is 136 cm³/mol. The van der Waals surface area contributed by atoms with E-state index >= 15 is 0 Å². The highest BCUT2D eigenvalue weighted by atomic mass is 16.5. The summed E-state index contributed by atoms with van der Waals surface area (Å²) in [7, 11) is 3.13. The molecule has 0 radical (unpaired) electrons. The molecule has 0 aliphatic carbocycles. The van der Waals surface area contributed by atoms with Crippen molar-refractivity contribution in [2.75, 3.05) is 24.9 Å². The van der Waals surface area contributed by atoms with Gasteiger partial charge in [-0.1, -0.05) is 30.3 Å². The molecule has 0 bridgehead atoms. The van der Waals surface area contributed by atoms with Gasteiger partial charge in [0.2, 0.25) is 5.88 Å². The molecule has 35 heavy (non-hydrogen) atoms. The van der Waals surface area contributed by atoms with Crippen LogP contribution in [0.4, 0.5) is 16.2 Å². The van der Waals surface area contributed by atoms with E-state index in [-0.39, 0.29) is 6.03 Å². The first-order valence-electron chi connectivity index (χ1n) is 10.8. The average Bonchev–Trinajstić information content (AvgIpc) is 2.89. The van der Waals surface area contributed by atoms with E-state index in [1.165, 1.54) is 6.33 Å². The third-order valence-corrected chi connectivity index (χ3v) is 5.44. The monoisotopic (exact) mass is 466 g/mol. The minimum Gasteiger partial charge on any atom is -0.493 e. The maximum atomic E-state index is 12.5. The molecule has 5 aromatic rings. The van der Waals surface area contributed by atoms with Gasteiger partial charge in [0.05, 0.1) is 25.1 Å². The summed E-state index contributed by atoms with van der Waals surface area (Å²) in [5, 5.41) is 8.53. The van der Waals surface area contributed by atoms with Crippen LogP contribution in [-0.2, 0) is 0 Å². The van der Waals surface area contributed by atoms with E-state index in [9.17, 15) is 4.79 Å². The number of nitrogens with one attached hydrogen (secondary N) is 2. The summed E-state index contributed by atoms with van der Waals surface area (Å²) < 4.78 is 16.7. The fraction of sp³-hybridized carbons (Fsp3) is 0.0741. The van der Waals surface area contributed by atoms with Crippen LogP contribution < -0.4 is 24.8 Å². The first-order chi connectivity index (χ1) is 17.1. The number of fused-ring (bicyclic) bond motifs is 2. The van der Waals surface area contributed by atoms with Gasteiger partial charge in [0.1, 0.15) is 12.1 Å². The molecule has 4 aromatic carbocycles. The quantitative estimate of drug-likeness (QED) is 0.308. The zero-order valence-electron chi connectivity index (χ0n) is 19.1. The van der Waals surface area contributed by atoms with E-state index in [2.05, 4.69) is 20.6 Å². The fourth-order valence-corrected chi connectivity index (χ4v) is 3.72. The Morgan fingerprint density at radius 2 is 1.43 bits per heavy atom. The number of nitrogens with zero attached hydrogens (tertiary/aromatic N) is 2. The van der Waals surface area contributed by atoms with Crippen LogP contribution in [0.3, 0.4) is 0 Å². The highest BCUT2D eigenvalue weighted by Crippen LogP contribution is 2.35. The summed E-state index contributed by atoms with van der Waals surface area (Å²) in [6.07, 6.45) is 1.43. The second kappa shape index (κ2) is 9.56. The molecule has 0 aliphatic rings. The van der Waals surface area contributed by atoms with E-state index < -0.39 is 0 Å². The van der Waals surface area contributed by atoms with E-state index in [0.29, 0.717) is 45.4 Å². The Morgan fingerprint density at radius 1 is 0.743 bits per heavy atom. The van der Waals surface area contributed by atoms with Crippen molar-refractivity contribution >= 4 is 39.1 Å². The summed E-state index contributed by atoms with van der Waals surface area (Å²) in [5.41, 5.74) is 2.00. The van der Waals surface area contributed by atoms with Crippen molar-refractivity contribution in [3.63, 3.8) is 0 Å². The number of hydrogen-bond acceptors (Lipinski definition) is 6. The summed E-state index contributed by atoms with van der Waals surface area (Å²) in [5.74, 6) is 2.06. The van der Waals surface area contributed by atoms with Crippen LogP contribution in [0.2, 0.25) is 0 Å². The Morgan fingerprint density at radius 3 is 2.20 bits per heavy atom. The molecule has 8 heteroatoms.